The normalized spacial score (nSPS) is 13.5. The fourth-order valence-corrected chi connectivity index (χ4v) is 3.58. The predicted octanol–water partition coefficient (Wildman–Crippen LogP) is 3.22. The van der Waals surface area contributed by atoms with Gasteiger partial charge in [-0.05, 0) is 33.9 Å². The number of rotatable bonds is 8. The van der Waals surface area contributed by atoms with Gasteiger partial charge >= 0.3 is 0 Å². The highest BCUT2D eigenvalue weighted by Gasteiger charge is 2.20. The van der Waals surface area contributed by atoms with Gasteiger partial charge in [0.2, 0.25) is 0 Å². The summed E-state index contributed by atoms with van der Waals surface area (Å²) in [7, 11) is 4.37. The Bertz CT molecular complexity index is 369. The summed E-state index contributed by atoms with van der Waals surface area (Å²) in [5.41, 5.74) is 1.18. The molecule has 0 aliphatic heterocycles. The van der Waals surface area contributed by atoms with Gasteiger partial charge in [-0.3, -0.25) is 0 Å². The van der Waals surface area contributed by atoms with Gasteiger partial charge in [-0.15, -0.1) is 11.3 Å². The highest BCUT2D eigenvalue weighted by molar-refractivity contribution is 7.11. The Morgan fingerprint density at radius 3 is 2.26 bits per heavy atom. The SMILES string of the molecule is CCC(CC)C(CNCc1sc(C)nc1C)N(C)C. The van der Waals surface area contributed by atoms with Crippen LogP contribution < -0.4 is 5.32 Å². The number of thiazole rings is 1. The summed E-state index contributed by atoms with van der Waals surface area (Å²) in [6, 6.07) is 0.615. The third-order valence-corrected chi connectivity index (χ3v) is 4.97. The van der Waals surface area contributed by atoms with Crippen molar-refractivity contribution in [3.05, 3.63) is 15.6 Å². The summed E-state index contributed by atoms with van der Waals surface area (Å²) < 4.78 is 0. The summed E-state index contributed by atoms with van der Waals surface area (Å²) in [5.74, 6) is 0.770. The van der Waals surface area contributed by atoms with Crippen LogP contribution in [0.2, 0.25) is 0 Å². The van der Waals surface area contributed by atoms with Gasteiger partial charge in [0.05, 0.1) is 10.7 Å². The minimum absolute atomic E-state index is 0.615. The zero-order valence-electron chi connectivity index (χ0n) is 13.3. The Labute approximate surface area is 122 Å². The number of aryl methyl sites for hydroxylation is 2. The Morgan fingerprint density at radius 1 is 1.21 bits per heavy atom. The summed E-state index contributed by atoms with van der Waals surface area (Å²) in [6.07, 6.45) is 2.50. The molecule has 1 aromatic heterocycles. The van der Waals surface area contributed by atoms with Crippen molar-refractivity contribution in [2.75, 3.05) is 20.6 Å². The molecule has 1 aromatic rings. The van der Waals surface area contributed by atoms with Crippen LogP contribution in [0.4, 0.5) is 0 Å². The van der Waals surface area contributed by atoms with Crippen LogP contribution >= 0.6 is 11.3 Å². The summed E-state index contributed by atoms with van der Waals surface area (Å²) in [5, 5.41) is 4.78. The van der Waals surface area contributed by atoms with E-state index in [4.69, 9.17) is 0 Å². The van der Waals surface area contributed by atoms with Crippen LogP contribution in [0.5, 0.6) is 0 Å². The van der Waals surface area contributed by atoms with Crippen LogP contribution in [-0.2, 0) is 6.54 Å². The maximum absolute atomic E-state index is 4.48. The van der Waals surface area contributed by atoms with Gasteiger partial charge in [-0.25, -0.2) is 4.98 Å². The zero-order valence-corrected chi connectivity index (χ0v) is 14.1. The molecule has 110 valence electrons. The van der Waals surface area contributed by atoms with E-state index in [2.05, 4.69) is 57.0 Å². The number of hydrogen-bond donors (Lipinski definition) is 1. The number of nitrogens with one attached hydrogen (secondary N) is 1. The van der Waals surface area contributed by atoms with Crippen LogP contribution in [0.1, 0.15) is 42.3 Å². The van der Waals surface area contributed by atoms with E-state index in [1.807, 2.05) is 11.3 Å². The molecule has 4 heteroatoms. The average Bonchev–Trinajstić information content (AvgIpc) is 2.67. The summed E-state index contributed by atoms with van der Waals surface area (Å²) in [6.45, 7) is 10.8. The lowest BCUT2D eigenvalue weighted by atomic mass is 9.93. The molecular formula is C15H29N3S. The van der Waals surface area contributed by atoms with E-state index < -0.39 is 0 Å². The molecule has 0 aliphatic carbocycles. The van der Waals surface area contributed by atoms with Crippen molar-refractivity contribution >= 4 is 11.3 Å². The first kappa shape index (κ1) is 16.6. The van der Waals surface area contributed by atoms with E-state index in [1.54, 1.807) is 0 Å². The first-order valence-electron chi connectivity index (χ1n) is 7.29. The highest BCUT2D eigenvalue weighted by atomic mass is 32.1. The molecule has 0 saturated heterocycles. The standard InChI is InChI=1S/C15H29N3S/c1-7-13(8-2)14(18(5)6)9-16-10-15-11(3)17-12(4)19-15/h13-14,16H,7-10H2,1-6H3. The maximum atomic E-state index is 4.48. The Kier molecular flexibility index (Phi) is 6.97. The molecular weight excluding hydrogens is 254 g/mol. The van der Waals surface area contributed by atoms with Crippen molar-refractivity contribution in [3.8, 4) is 0 Å². The fraction of sp³-hybridized carbons (Fsp3) is 0.800. The van der Waals surface area contributed by atoms with Gasteiger partial charge in [0.25, 0.3) is 0 Å². The van der Waals surface area contributed by atoms with Crippen LogP contribution in [-0.4, -0.2) is 36.6 Å². The van der Waals surface area contributed by atoms with Crippen molar-refractivity contribution in [2.24, 2.45) is 5.92 Å². The summed E-state index contributed by atoms with van der Waals surface area (Å²) >= 11 is 1.81. The molecule has 0 fully saturated rings. The second-order valence-corrected chi connectivity index (χ2v) is 6.77. The lowest BCUT2D eigenvalue weighted by molar-refractivity contribution is 0.194. The fourth-order valence-electron chi connectivity index (χ4n) is 2.67. The lowest BCUT2D eigenvalue weighted by Crippen LogP contribution is -2.42. The van der Waals surface area contributed by atoms with Crippen LogP contribution in [0.25, 0.3) is 0 Å². The monoisotopic (exact) mass is 283 g/mol. The molecule has 19 heavy (non-hydrogen) atoms. The van der Waals surface area contributed by atoms with Crippen LogP contribution in [0.3, 0.4) is 0 Å². The molecule has 0 amide bonds. The molecule has 1 heterocycles. The minimum atomic E-state index is 0.615. The molecule has 0 bridgehead atoms. The maximum Gasteiger partial charge on any atom is 0.0900 e. The zero-order chi connectivity index (χ0) is 14.4. The number of aromatic nitrogens is 1. The summed E-state index contributed by atoms with van der Waals surface area (Å²) in [4.78, 5) is 8.21. The van der Waals surface area contributed by atoms with Gasteiger partial charge in [0.15, 0.2) is 0 Å². The number of hydrogen-bond acceptors (Lipinski definition) is 4. The molecule has 0 aliphatic rings. The Morgan fingerprint density at radius 2 is 1.84 bits per heavy atom. The largest absolute Gasteiger partial charge is 0.310 e. The molecule has 0 spiro atoms. The van der Waals surface area contributed by atoms with Gasteiger partial charge < -0.3 is 10.2 Å². The van der Waals surface area contributed by atoms with E-state index in [1.165, 1.54) is 28.4 Å². The van der Waals surface area contributed by atoms with Crippen molar-refractivity contribution in [3.63, 3.8) is 0 Å². The van der Waals surface area contributed by atoms with Gasteiger partial charge in [0.1, 0.15) is 0 Å². The number of nitrogens with zero attached hydrogens (tertiary/aromatic N) is 2. The van der Waals surface area contributed by atoms with Crippen molar-refractivity contribution in [1.82, 2.24) is 15.2 Å². The van der Waals surface area contributed by atoms with E-state index >= 15 is 0 Å². The Balaban J connectivity index is 2.51. The van der Waals surface area contributed by atoms with Crippen molar-refractivity contribution in [2.45, 2.75) is 53.1 Å². The van der Waals surface area contributed by atoms with E-state index in [0.717, 1.165) is 19.0 Å². The molecule has 0 aromatic carbocycles. The average molecular weight is 283 g/mol. The molecule has 0 saturated carbocycles. The van der Waals surface area contributed by atoms with Crippen LogP contribution in [0.15, 0.2) is 0 Å². The highest BCUT2D eigenvalue weighted by Crippen LogP contribution is 2.18. The van der Waals surface area contributed by atoms with Gasteiger partial charge in [-0.2, -0.15) is 0 Å². The van der Waals surface area contributed by atoms with E-state index in [-0.39, 0.29) is 0 Å². The minimum Gasteiger partial charge on any atom is -0.310 e. The van der Waals surface area contributed by atoms with Crippen molar-refractivity contribution < 1.29 is 0 Å². The molecule has 1 atom stereocenters. The topological polar surface area (TPSA) is 28.2 Å². The Hall–Kier alpha value is -0.450. The van der Waals surface area contributed by atoms with Gasteiger partial charge in [-0.1, -0.05) is 26.7 Å². The quantitative estimate of drug-likeness (QED) is 0.794. The van der Waals surface area contributed by atoms with Crippen molar-refractivity contribution in [1.29, 1.82) is 0 Å². The molecule has 1 rings (SSSR count). The second-order valence-electron chi connectivity index (χ2n) is 5.48. The first-order chi connectivity index (χ1) is 8.99. The molecule has 3 nitrogen and oxygen atoms in total. The first-order valence-corrected chi connectivity index (χ1v) is 8.11. The lowest BCUT2D eigenvalue weighted by Gasteiger charge is -2.31. The third kappa shape index (κ3) is 4.86. The van der Waals surface area contributed by atoms with Gasteiger partial charge in [0, 0.05) is 24.0 Å². The van der Waals surface area contributed by atoms with Crippen LogP contribution in [0, 0.1) is 19.8 Å². The smallest absolute Gasteiger partial charge is 0.0900 e. The van der Waals surface area contributed by atoms with E-state index in [0.29, 0.717) is 6.04 Å². The van der Waals surface area contributed by atoms with E-state index in [9.17, 15) is 0 Å². The second kappa shape index (κ2) is 7.98. The third-order valence-electron chi connectivity index (χ3n) is 3.89. The molecule has 0 radical (unpaired) electrons. The number of likely N-dealkylation sites (N-methyl/N-ethyl adjacent to an activating group) is 1. The molecule has 1 N–H and O–H groups in total. The predicted molar refractivity (Wildman–Crippen MR) is 84.8 cm³/mol. The molecule has 1 unspecified atom stereocenters.